The molecule has 0 spiro atoms. The first-order valence-corrected chi connectivity index (χ1v) is 10.8. The molecule has 1 aliphatic heterocycles. The van der Waals surface area contributed by atoms with E-state index in [9.17, 15) is 0 Å². The molecule has 0 aliphatic carbocycles. The highest BCUT2D eigenvalue weighted by Crippen LogP contribution is 2.33. The standard InChI is InChI=1S/C23H25N7O2/c1-16-21(22(28-32-16)17-8-4-3-5-9-17)23-27-26-20(31-23)15-29(2)14-18-10-7-13-30(18)19-11-6-12-24-25-19/h3-6,8-9,11-12,18H,7,10,13-15H2,1-2H3. The zero-order valence-corrected chi connectivity index (χ0v) is 18.2. The van der Waals surface area contributed by atoms with Gasteiger partial charge in [-0.15, -0.1) is 15.3 Å². The van der Waals surface area contributed by atoms with Gasteiger partial charge in [-0.3, -0.25) is 4.90 Å². The van der Waals surface area contributed by atoms with Crippen LogP contribution in [0.15, 0.2) is 57.6 Å². The van der Waals surface area contributed by atoms with Gasteiger partial charge >= 0.3 is 0 Å². The van der Waals surface area contributed by atoms with Gasteiger partial charge in [0.15, 0.2) is 5.82 Å². The van der Waals surface area contributed by atoms with Gasteiger partial charge < -0.3 is 13.8 Å². The normalized spacial score (nSPS) is 16.2. The van der Waals surface area contributed by atoms with E-state index in [0.29, 0.717) is 35.8 Å². The summed E-state index contributed by atoms with van der Waals surface area (Å²) in [7, 11) is 2.07. The fourth-order valence-corrected chi connectivity index (χ4v) is 4.26. The van der Waals surface area contributed by atoms with Gasteiger partial charge in [-0.2, -0.15) is 5.10 Å². The van der Waals surface area contributed by atoms with Crippen molar-refractivity contribution in [2.45, 2.75) is 32.4 Å². The Kier molecular flexibility index (Phi) is 5.64. The zero-order chi connectivity index (χ0) is 21.9. The fraction of sp³-hybridized carbons (Fsp3) is 0.348. The van der Waals surface area contributed by atoms with E-state index in [0.717, 1.165) is 42.9 Å². The Balaban J connectivity index is 1.29. The molecule has 0 N–H and O–H groups in total. The van der Waals surface area contributed by atoms with Gasteiger partial charge in [0.2, 0.25) is 5.89 Å². The summed E-state index contributed by atoms with van der Waals surface area (Å²) in [6.07, 6.45) is 3.97. The minimum absolute atomic E-state index is 0.379. The van der Waals surface area contributed by atoms with E-state index in [-0.39, 0.29) is 0 Å². The quantitative estimate of drug-likeness (QED) is 0.435. The minimum atomic E-state index is 0.379. The van der Waals surface area contributed by atoms with Crippen molar-refractivity contribution in [1.29, 1.82) is 0 Å². The first-order valence-electron chi connectivity index (χ1n) is 10.8. The summed E-state index contributed by atoms with van der Waals surface area (Å²) >= 11 is 0. The van der Waals surface area contributed by atoms with Crippen LogP contribution in [0.4, 0.5) is 5.82 Å². The lowest BCUT2D eigenvalue weighted by molar-refractivity contribution is 0.272. The predicted octanol–water partition coefficient (Wildman–Crippen LogP) is 3.59. The second kappa shape index (κ2) is 8.88. The Hall–Kier alpha value is -3.59. The van der Waals surface area contributed by atoms with E-state index in [1.807, 2.05) is 49.4 Å². The van der Waals surface area contributed by atoms with Crippen molar-refractivity contribution in [2.24, 2.45) is 0 Å². The van der Waals surface area contributed by atoms with Crippen LogP contribution in [0.3, 0.4) is 0 Å². The Labute approximate surface area is 186 Å². The molecule has 0 radical (unpaired) electrons. The van der Waals surface area contributed by atoms with E-state index in [2.05, 4.69) is 42.4 Å². The highest BCUT2D eigenvalue weighted by Gasteiger charge is 2.28. The van der Waals surface area contributed by atoms with Crippen LogP contribution in [0.1, 0.15) is 24.5 Å². The number of likely N-dealkylation sites (N-methyl/N-ethyl adjacent to an activating group) is 1. The second-order valence-corrected chi connectivity index (χ2v) is 8.10. The third-order valence-corrected chi connectivity index (χ3v) is 5.75. The van der Waals surface area contributed by atoms with E-state index >= 15 is 0 Å². The van der Waals surface area contributed by atoms with Crippen LogP contribution in [0, 0.1) is 6.92 Å². The Morgan fingerprint density at radius 3 is 2.78 bits per heavy atom. The number of benzene rings is 1. The molecule has 1 fully saturated rings. The van der Waals surface area contributed by atoms with Crippen LogP contribution in [-0.4, -0.2) is 56.6 Å². The van der Waals surface area contributed by atoms with E-state index in [1.165, 1.54) is 0 Å². The zero-order valence-electron chi connectivity index (χ0n) is 18.2. The van der Waals surface area contributed by atoms with Gasteiger partial charge in [0, 0.05) is 30.9 Å². The van der Waals surface area contributed by atoms with Crippen LogP contribution < -0.4 is 4.90 Å². The second-order valence-electron chi connectivity index (χ2n) is 8.10. The summed E-state index contributed by atoms with van der Waals surface area (Å²) < 4.78 is 11.5. The molecule has 164 valence electrons. The number of aromatic nitrogens is 5. The average Bonchev–Trinajstić information content (AvgIpc) is 3.55. The minimum Gasteiger partial charge on any atom is -0.419 e. The highest BCUT2D eigenvalue weighted by atomic mass is 16.5. The first-order chi connectivity index (χ1) is 15.7. The van der Waals surface area contributed by atoms with Crippen LogP contribution in [0.25, 0.3) is 22.7 Å². The van der Waals surface area contributed by atoms with Crippen LogP contribution in [0.2, 0.25) is 0 Å². The van der Waals surface area contributed by atoms with Crippen molar-refractivity contribution in [3.63, 3.8) is 0 Å². The van der Waals surface area contributed by atoms with Crippen LogP contribution in [-0.2, 0) is 6.54 Å². The van der Waals surface area contributed by atoms with Gasteiger partial charge in [-0.05, 0) is 38.9 Å². The summed E-state index contributed by atoms with van der Waals surface area (Å²) in [4.78, 5) is 4.53. The molecule has 32 heavy (non-hydrogen) atoms. The summed E-state index contributed by atoms with van der Waals surface area (Å²) in [6.45, 7) is 4.28. The molecule has 3 aromatic heterocycles. The Bertz CT molecular complexity index is 1160. The summed E-state index contributed by atoms with van der Waals surface area (Å²) in [5.74, 6) is 2.57. The van der Waals surface area contributed by atoms with Crippen molar-refractivity contribution in [3.8, 4) is 22.7 Å². The van der Waals surface area contributed by atoms with Gasteiger partial charge in [0.25, 0.3) is 5.89 Å². The number of nitrogens with zero attached hydrogens (tertiary/aromatic N) is 7. The molecule has 4 aromatic rings. The number of hydrogen-bond donors (Lipinski definition) is 0. The molecule has 0 bridgehead atoms. The third-order valence-electron chi connectivity index (χ3n) is 5.75. The van der Waals surface area contributed by atoms with Crippen molar-refractivity contribution in [3.05, 3.63) is 60.3 Å². The maximum atomic E-state index is 6.02. The van der Waals surface area contributed by atoms with Gasteiger partial charge in [-0.1, -0.05) is 35.5 Å². The number of rotatable bonds is 7. The maximum Gasteiger partial charge on any atom is 0.253 e. The number of anilines is 1. The lowest BCUT2D eigenvalue weighted by Gasteiger charge is -2.28. The highest BCUT2D eigenvalue weighted by molar-refractivity contribution is 5.77. The molecule has 0 amide bonds. The van der Waals surface area contributed by atoms with E-state index in [4.69, 9.17) is 8.94 Å². The van der Waals surface area contributed by atoms with Gasteiger partial charge in [-0.25, -0.2) is 0 Å². The molecule has 9 heteroatoms. The predicted molar refractivity (Wildman–Crippen MR) is 119 cm³/mol. The largest absolute Gasteiger partial charge is 0.419 e. The summed E-state index contributed by atoms with van der Waals surface area (Å²) in [5, 5.41) is 21.1. The van der Waals surface area contributed by atoms with E-state index < -0.39 is 0 Å². The fourth-order valence-electron chi connectivity index (χ4n) is 4.26. The van der Waals surface area contributed by atoms with Crippen LogP contribution in [0.5, 0.6) is 0 Å². The Morgan fingerprint density at radius 1 is 1.09 bits per heavy atom. The molecule has 1 unspecified atom stereocenters. The van der Waals surface area contributed by atoms with E-state index in [1.54, 1.807) is 6.20 Å². The molecule has 1 aromatic carbocycles. The molecule has 9 nitrogen and oxygen atoms in total. The van der Waals surface area contributed by atoms with Crippen molar-refractivity contribution >= 4 is 5.82 Å². The SMILES string of the molecule is Cc1onc(-c2ccccc2)c1-c1nnc(CN(C)CC2CCCN2c2cccnn2)o1. The van der Waals surface area contributed by atoms with Crippen molar-refractivity contribution < 1.29 is 8.94 Å². The molecule has 1 aliphatic rings. The molecule has 0 saturated carbocycles. The Morgan fingerprint density at radius 2 is 1.97 bits per heavy atom. The van der Waals surface area contributed by atoms with Crippen molar-refractivity contribution in [1.82, 2.24) is 30.5 Å². The first kappa shape index (κ1) is 20.3. The average molecular weight is 432 g/mol. The number of hydrogen-bond acceptors (Lipinski definition) is 9. The molecule has 1 atom stereocenters. The summed E-state index contributed by atoms with van der Waals surface area (Å²) in [5.41, 5.74) is 2.39. The lowest BCUT2D eigenvalue weighted by Crippen LogP contribution is -2.39. The van der Waals surface area contributed by atoms with Crippen molar-refractivity contribution in [2.75, 3.05) is 25.0 Å². The van der Waals surface area contributed by atoms with Gasteiger partial charge in [0.1, 0.15) is 17.0 Å². The monoisotopic (exact) mass is 431 g/mol. The lowest BCUT2D eigenvalue weighted by atomic mass is 10.1. The smallest absolute Gasteiger partial charge is 0.253 e. The molecular weight excluding hydrogens is 406 g/mol. The molecular formula is C23H25N7O2. The third kappa shape index (κ3) is 4.11. The topological polar surface area (TPSA) is 97.2 Å². The van der Waals surface area contributed by atoms with Crippen LogP contribution >= 0.6 is 0 Å². The number of aryl methyl sites for hydroxylation is 1. The molecule has 1 saturated heterocycles. The van der Waals surface area contributed by atoms with Gasteiger partial charge in [0.05, 0.1) is 6.54 Å². The molecule has 4 heterocycles. The summed E-state index contributed by atoms with van der Waals surface area (Å²) in [6, 6.07) is 14.2. The maximum absolute atomic E-state index is 6.02. The molecule has 5 rings (SSSR count).